The number of nitrogens with zero attached hydrogens (tertiary/aromatic N) is 6. The van der Waals surface area contributed by atoms with E-state index in [2.05, 4.69) is 20.9 Å². The molecule has 0 radical (unpaired) electrons. The van der Waals surface area contributed by atoms with Crippen molar-refractivity contribution < 1.29 is 47.6 Å². The molecule has 2 unspecified atom stereocenters. The van der Waals surface area contributed by atoms with Gasteiger partial charge in [0.15, 0.2) is 17.0 Å². The molecule has 0 fully saturated rings. The van der Waals surface area contributed by atoms with E-state index in [9.17, 15) is 24.0 Å². The highest BCUT2D eigenvalue weighted by molar-refractivity contribution is 6.29. The topological polar surface area (TPSA) is 192 Å². The van der Waals surface area contributed by atoms with Crippen LogP contribution in [-0.2, 0) is 58.0 Å². The summed E-state index contributed by atoms with van der Waals surface area (Å²) in [6.45, 7) is 12.4. The second-order valence-corrected chi connectivity index (χ2v) is 15.9. The summed E-state index contributed by atoms with van der Waals surface area (Å²) in [6, 6.07) is 10.2. The average molecular weight is 851 g/mol. The number of terminal acetylenes is 1. The number of aromatic nitrogens is 5. The maximum atomic E-state index is 13.8. The highest BCUT2D eigenvalue weighted by atomic mass is 35.5. The minimum Gasteiger partial charge on any atom is -0.463 e. The molecule has 3 aromatic heterocycles. The number of benzene rings is 1. The van der Waals surface area contributed by atoms with Gasteiger partial charge in [-0.1, -0.05) is 30.2 Å². The number of ether oxygens (including phenoxy) is 6. The van der Waals surface area contributed by atoms with Crippen LogP contribution in [0.2, 0.25) is 5.28 Å². The molecule has 0 aliphatic heterocycles. The van der Waals surface area contributed by atoms with Crippen molar-refractivity contribution in [2.75, 3.05) is 31.8 Å². The van der Waals surface area contributed by atoms with E-state index in [1.165, 1.54) is 22.6 Å². The van der Waals surface area contributed by atoms with Gasteiger partial charge in [0.2, 0.25) is 5.28 Å². The normalized spacial score (nSPS) is 12.9. The van der Waals surface area contributed by atoms with Crippen LogP contribution in [0.15, 0.2) is 53.7 Å². The first kappa shape index (κ1) is 46.9. The van der Waals surface area contributed by atoms with Crippen LogP contribution in [0, 0.1) is 18.3 Å². The Morgan fingerprint density at radius 2 is 1.50 bits per heavy atom. The third kappa shape index (κ3) is 11.3. The second kappa shape index (κ2) is 19.5. The van der Waals surface area contributed by atoms with E-state index in [0.29, 0.717) is 21.6 Å². The van der Waals surface area contributed by atoms with Crippen LogP contribution >= 0.6 is 11.6 Å². The van der Waals surface area contributed by atoms with Crippen LogP contribution in [0.4, 0.5) is 15.4 Å². The number of hydrogen-bond donors (Lipinski definition) is 0. The number of methoxy groups -OCH3 is 1. The van der Waals surface area contributed by atoms with Gasteiger partial charge in [-0.3, -0.25) is 4.79 Å². The predicted molar refractivity (Wildman–Crippen MR) is 221 cm³/mol. The van der Waals surface area contributed by atoms with Gasteiger partial charge in [-0.15, -0.1) is 6.42 Å². The number of carbonyl (C=O) groups excluding carboxylic acids is 4. The lowest BCUT2D eigenvalue weighted by atomic mass is 9.92. The second-order valence-electron chi connectivity index (χ2n) is 15.5. The molecule has 4 rings (SSSR count). The van der Waals surface area contributed by atoms with Crippen LogP contribution in [0.3, 0.4) is 0 Å². The number of amides is 2. The average Bonchev–Trinajstić information content (AvgIpc) is 3.56. The highest BCUT2D eigenvalue weighted by Gasteiger charge is 2.51. The van der Waals surface area contributed by atoms with Crippen molar-refractivity contribution >= 4 is 52.7 Å². The molecule has 60 heavy (non-hydrogen) atoms. The van der Waals surface area contributed by atoms with Crippen molar-refractivity contribution in [1.82, 2.24) is 24.1 Å². The molecule has 0 aliphatic rings. The smallest absolute Gasteiger partial charge is 0.425 e. The number of esters is 2. The van der Waals surface area contributed by atoms with Gasteiger partial charge in [-0.2, -0.15) is 14.9 Å². The molecular formula is C42H51ClN6O11. The first-order chi connectivity index (χ1) is 28.2. The number of fused-ring (bicyclic) bond motifs is 1. The molecule has 3 heterocycles. The standard InChI is InChI=1S/C42H51ClN6O11/c1-12-27(23-48-25-44-31-32(48)45-37(43)46-33(31)49(38(53)59-40(4,5)6)39(54)60-41(7,8)9)30(55-11)24-58-42(35(51)56-13-2,36(52)57-14-3)22-26-17-19-28(20-18-26)29-16-15-21-47(10)34(29)50/h1,15-21,25,27,30H,13-14,22-24H2,2-11H3. The Morgan fingerprint density at radius 1 is 0.917 bits per heavy atom. The molecule has 17 nitrogen and oxygen atoms in total. The van der Waals surface area contributed by atoms with E-state index in [1.54, 1.807) is 105 Å². The number of pyridine rings is 1. The van der Waals surface area contributed by atoms with Crippen LogP contribution in [0.1, 0.15) is 61.0 Å². The summed E-state index contributed by atoms with van der Waals surface area (Å²) in [5.74, 6) is -0.450. The van der Waals surface area contributed by atoms with Crippen molar-refractivity contribution in [2.45, 2.75) is 91.3 Å². The summed E-state index contributed by atoms with van der Waals surface area (Å²) in [5, 5.41) is -0.340. The van der Waals surface area contributed by atoms with Gasteiger partial charge in [0.1, 0.15) is 11.2 Å². The third-order valence-corrected chi connectivity index (χ3v) is 8.86. The van der Waals surface area contributed by atoms with Gasteiger partial charge in [0.05, 0.1) is 38.2 Å². The maximum Gasteiger partial charge on any atom is 0.425 e. The number of carbonyl (C=O) groups is 4. The Hall–Kier alpha value is -5.83. The lowest BCUT2D eigenvalue weighted by molar-refractivity contribution is -0.195. The molecule has 2 amide bonds. The van der Waals surface area contributed by atoms with Crippen LogP contribution in [0.5, 0.6) is 0 Å². The number of imidazole rings is 1. The van der Waals surface area contributed by atoms with Gasteiger partial charge in [0, 0.05) is 38.9 Å². The summed E-state index contributed by atoms with van der Waals surface area (Å²) in [6.07, 6.45) is 5.61. The molecular weight excluding hydrogens is 800 g/mol. The fourth-order valence-electron chi connectivity index (χ4n) is 5.92. The zero-order chi connectivity index (χ0) is 44.6. The number of imide groups is 1. The first-order valence-electron chi connectivity index (χ1n) is 19.0. The first-order valence-corrected chi connectivity index (χ1v) is 19.4. The van der Waals surface area contributed by atoms with E-state index in [0.717, 1.165) is 0 Å². The van der Waals surface area contributed by atoms with Crippen molar-refractivity contribution in [3.8, 4) is 23.5 Å². The number of halogens is 1. The fourth-order valence-corrected chi connectivity index (χ4v) is 6.08. The molecule has 0 aliphatic carbocycles. The largest absolute Gasteiger partial charge is 0.463 e. The van der Waals surface area contributed by atoms with E-state index in [4.69, 9.17) is 46.4 Å². The minimum atomic E-state index is -2.30. The Labute approximate surface area is 353 Å². The van der Waals surface area contributed by atoms with Crippen LogP contribution in [0.25, 0.3) is 22.3 Å². The van der Waals surface area contributed by atoms with Gasteiger partial charge in [0.25, 0.3) is 11.2 Å². The van der Waals surface area contributed by atoms with Crippen molar-refractivity contribution in [2.24, 2.45) is 13.0 Å². The number of rotatable bonds is 15. The van der Waals surface area contributed by atoms with E-state index in [1.807, 2.05) is 0 Å². The molecule has 1 aromatic carbocycles. The Kier molecular flexibility index (Phi) is 15.2. The monoisotopic (exact) mass is 850 g/mol. The predicted octanol–water partition coefficient (Wildman–Crippen LogP) is 5.91. The van der Waals surface area contributed by atoms with Crippen LogP contribution in [-0.4, -0.2) is 98.0 Å². The molecule has 2 atom stereocenters. The Balaban J connectivity index is 1.70. The summed E-state index contributed by atoms with van der Waals surface area (Å²) in [4.78, 5) is 80.8. The van der Waals surface area contributed by atoms with Crippen molar-refractivity contribution in [3.63, 3.8) is 0 Å². The minimum absolute atomic E-state index is 0.0145. The van der Waals surface area contributed by atoms with Crippen molar-refractivity contribution in [3.05, 3.63) is 70.1 Å². The number of hydrogen-bond acceptors (Lipinski definition) is 14. The summed E-state index contributed by atoms with van der Waals surface area (Å²) in [7, 11) is 3.03. The number of aryl methyl sites for hydroxylation is 1. The van der Waals surface area contributed by atoms with E-state index in [-0.39, 0.29) is 54.0 Å². The zero-order valence-corrected chi connectivity index (χ0v) is 36.2. The van der Waals surface area contributed by atoms with Gasteiger partial charge >= 0.3 is 24.1 Å². The summed E-state index contributed by atoms with van der Waals surface area (Å²) >= 11 is 6.38. The Morgan fingerprint density at radius 3 is 2.02 bits per heavy atom. The lowest BCUT2D eigenvalue weighted by Crippen LogP contribution is -2.54. The quantitative estimate of drug-likeness (QED) is 0.0451. The van der Waals surface area contributed by atoms with Gasteiger partial charge in [-0.25, -0.2) is 24.2 Å². The maximum absolute atomic E-state index is 13.8. The fraction of sp³-hybridized carbons (Fsp3) is 0.476. The highest BCUT2D eigenvalue weighted by Crippen LogP contribution is 2.30. The molecule has 0 spiro atoms. The number of anilines is 1. The molecule has 18 heteroatoms. The van der Waals surface area contributed by atoms with Gasteiger partial charge in [-0.05, 0) is 90.3 Å². The third-order valence-electron chi connectivity index (χ3n) is 8.69. The molecule has 0 saturated heterocycles. The van der Waals surface area contributed by atoms with Crippen LogP contribution < -0.4 is 10.5 Å². The zero-order valence-electron chi connectivity index (χ0n) is 35.4. The van der Waals surface area contributed by atoms with Gasteiger partial charge < -0.3 is 37.6 Å². The summed E-state index contributed by atoms with van der Waals surface area (Å²) in [5.41, 5.74) is -2.84. The SMILES string of the molecule is C#CC(Cn1cnc2c(N(C(=O)OC(C)(C)C)C(=O)OC(C)(C)C)nc(Cl)nc21)C(COC(Cc1ccc(-c2cccn(C)c2=O)cc1)(C(=O)OCC)C(=O)OCC)OC. The summed E-state index contributed by atoms with van der Waals surface area (Å²) < 4.78 is 36.8. The molecule has 0 bridgehead atoms. The molecule has 0 N–H and O–H groups in total. The molecule has 322 valence electrons. The van der Waals surface area contributed by atoms with Crippen molar-refractivity contribution in [1.29, 1.82) is 0 Å². The lowest BCUT2D eigenvalue weighted by Gasteiger charge is -2.32. The van der Waals surface area contributed by atoms with E-state index >= 15 is 0 Å². The molecule has 0 saturated carbocycles. The van der Waals surface area contributed by atoms with E-state index < -0.39 is 59.6 Å². The Bertz CT molecular complexity index is 2240. The molecule has 4 aromatic rings.